The van der Waals surface area contributed by atoms with Crippen LogP contribution in [0.1, 0.15) is 49.0 Å². The highest BCUT2D eigenvalue weighted by molar-refractivity contribution is 5.94. The second-order valence-electron chi connectivity index (χ2n) is 5.21. The van der Waals surface area contributed by atoms with Gasteiger partial charge < -0.3 is 4.90 Å². The monoisotopic (exact) mass is 231 g/mol. The van der Waals surface area contributed by atoms with Crippen molar-refractivity contribution in [1.29, 1.82) is 0 Å². The van der Waals surface area contributed by atoms with Crippen LogP contribution in [0.15, 0.2) is 24.3 Å². The number of likely N-dealkylation sites (tertiary alicyclic amines) is 1. The van der Waals surface area contributed by atoms with Crippen LogP contribution in [0.3, 0.4) is 0 Å². The standard InChI is InChI=1S/C15H21NO/c1-11-7-9-14(10-8-11)15(17)16-12(2)5-4-6-13(16)3/h7-10,12-13H,4-6H2,1-3H3. The fraction of sp³-hybridized carbons (Fsp3) is 0.533. The van der Waals surface area contributed by atoms with Gasteiger partial charge in [-0.1, -0.05) is 17.7 Å². The number of nitrogens with zero attached hydrogens (tertiary/aromatic N) is 1. The topological polar surface area (TPSA) is 20.3 Å². The van der Waals surface area contributed by atoms with Crippen LogP contribution in [0.5, 0.6) is 0 Å². The molecule has 2 heteroatoms. The zero-order valence-corrected chi connectivity index (χ0v) is 10.9. The van der Waals surface area contributed by atoms with Gasteiger partial charge >= 0.3 is 0 Å². The Morgan fingerprint density at radius 1 is 1.12 bits per heavy atom. The summed E-state index contributed by atoms with van der Waals surface area (Å²) in [5, 5.41) is 0. The highest BCUT2D eigenvalue weighted by atomic mass is 16.2. The summed E-state index contributed by atoms with van der Waals surface area (Å²) in [7, 11) is 0. The van der Waals surface area contributed by atoms with E-state index < -0.39 is 0 Å². The van der Waals surface area contributed by atoms with Crippen molar-refractivity contribution in [3.63, 3.8) is 0 Å². The Morgan fingerprint density at radius 3 is 2.18 bits per heavy atom. The molecule has 0 radical (unpaired) electrons. The van der Waals surface area contributed by atoms with Crippen LogP contribution in [0.2, 0.25) is 0 Å². The van der Waals surface area contributed by atoms with Crippen LogP contribution in [0.4, 0.5) is 0 Å². The van der Waals surface area contributed by atoms with Crippen molar-refractivity contribution in [2.45, 2.75) is 52.1 Å². The number of carbonyl (C=O) groups is 1. The molecule has 0 spiro atoms. The van der Waals surface area contributed by atoms with Gasteiger partial charge in [0.05, 0.1) is 0 Å². The maximum atomic E-state index is 12.5. The van der Waals surface area contributed by atoms with Gasteiger partial charge in [0.15, 0.2) is 0 Å². The highest BCUT2D eigenvalue weighted by Gasteiger charge is 2.29. The number of carbonyl (C=O) groups excluding carboxylic acids is 1. The van der Waals surface area contributed by atoms with E-state index >= 15 is 0 Å². The molecule has 1 aliphatic heterocycles. The second-order valence-corrected chi connectivity index (χ2v) is 5.21. The Morgan fingerprint density at radius 2 is 1.65 bits per heavy atom. The van der Waals surface area contributed by atoms with Crippen molar-refractivity contribution in [2.75, 3.05) is 0 Å². The van der Waals surface area contributed by atoms with E-state index in [9.17, 15) is 4.79 Å². The van der Waals surface area contributed by atoms with Crippen LogP contribution >= 0.6 is 0 Å². The third-order valence-corrected chi connectivity index (χ3v) is 3.73. The first kappa shape index (κ1) is 12.2. The third-order valence-electron chi connectivity index (χ3n) is 3.73. The molecule has 1 saturated heterocycles. The number of benzene rings is 1. The fourth-order valence-electron chi connectivity index (χ4n) is 2.67. The van der Waals surface area contributed by atoms with Gasteiger partial charge in [0.1, 0.15) is 0 Å². The van der Waals surface area contributed by atoms with E-state index in [1.807, 2.05) is 36.1 Å². The first-order valence-corrected chi connectivity index (χ1v) is 6.49. The lowest BCUT2D eigenvalue weighted by molar-refractivity contribution is 0.0511. The number of aryl methyl sites for hydroxylation is 1. The van der Waals surface area contributed by atoms with Crippen molar-refractivity contribution < 1.29 is 4.79 Å². The lowest BCUT2D eigenvalue weighted by Gasteiger charge is -2.39. The first-order valence-electron chi connectivity index (χ1n) is 6.49. The molecule has 1 heterocycles. The molecular formula is C15H21NO. The fourth-order valence-corrected chi connectivity index (χ4v) is 2.67. The molecular weight excluding hydrogens is 210 g/mol. The Labute approximate surface area is 104 Å². The predicted octanol–water partition coefficient (Wildman–Crippen LogP) is 3.40. The number of hydrogen-bond donors (Lipinski definition) is 0. The zero-order valence-electron chi connectivity index (χ0n) is 10.9. The summed E-state index contributed by atoms with van der Waals surface area (Å²) in [6, 6.07) is 8.62. The van der Waals surface area contributed by atoms with Crippen LogP contribution in [-0.2, 0) is 0 Å². The normalized spacial score (nSPS) is 24.8. The molecule has 0 saturated carbocycles. The van der Waals surface area contributed by atoms with E-state index in [1.54, 1.807) is 0 Å². The smallest absolute Gasteiger partial charge is 0.254 e. The average molecular weight is 231 g/mol. The van der Waals surface area contributed by atoms with Crippen molar-refractivity contribution in [1.82, 2.24) is 4.90 Å². The molecule has 0 bridgehead atoms. The van der Waals surface area contributed by atoms with E-state index in [0.29, 0.717) is 12.1 Å². The lowest BCUT2D eigenvalue weighted by Crippen LogP contribution is -2.47. The van der Waals surface area contributed by atoms with Gasteiger partial charge in [0, 0.05) is 17.6 Å². The van der Waals surface area contributed by atoms with Crippen molar-refractivity contribution in [3.8, 4) is 0 Å². The van der Waals surface area contributed by atoms with E-state index in [0.717, 1.165) is 18.4 Å². The molecule has 92 valence electrons. The first-order chi connectivity index (χ1) is 8.09. The molecule has 2 nitrogen and oxygen atoms in total. The molecule has 1 aliphatic rings. The van der Waals surface area contributed by atoms with Crippen LogP contribution in [0, 0.1) is 6.92 Å². The summed E-state index contributed by atoms with van der Waals surface area (Å²) < 4.78 is 0. The van der Waals surface area contributed by atoms with E-state index in [1.165, 1.54) is 12.0 Å². The van der Waals surface area contributed by atoms with Gasteiger partial charge in [-0.2, -0.15) is 0 Å². The van der Waals surface area contributed by atoms with Crippen molar-refractivity contribution in [2.24, 2.45) is 0 Å². The minimum Gasteiger partial charge on any atom is -0.333 e. The summed E-state index contributed by atoms with van der Waals surface area (Å²) in [5.74, 6) is 0.185. The molecule has 2 rings (SSSR count). The molecule has 1 fully saturated rings. The largest absolute Gasteiger partial charge is 0.333 e. The minimum atomic E-state index is 0.185. The molecule has 0 aromatic heterocycles. The third kappa shape index (κ3) is 2.51. The molecule has 0 N–H and O–H groups in total. The summed E-state index contributed by atoms with van der Waals surface area (Å²) >= 11 is 0. The predicted molar refractivity (Wildman–Crippen MR) is 70.1 cm³/mol. The number of hydrogen-bond acceptors (Lipinski definition) is 1. The number of rotatable bonds is 1. The van der Waals surface area contributed by atoms with Gasteiger partial charge in [-0.25, -0.2) is 0 Å². The van der Waals surface area contributed by atoms with Crippen LogP contribution in [-0.4, -0.2) is 22.9 Å². The van der Waals surface area contributed by atoms with E-state index in [2.05, 4.69) is 13.8 Å². The highest BCUT2D eigenvalue weighted by Crippen LogP contribution is 2.24. The quantitative estimate of drug-likeness (QED) is 0.725. The van der Waals surface area contributed by atoms with E-state index in [-0.39, 0.29) is 5.91 Å². The number of amides is 1. The maximum Gasteiger partial charge on any atom is 0.254 e. The molecule has 2 unspecified atom stereocenters. The van der Waals surface area contributed by atoms with Crippen molar-refractivity contribution in [3.05, 3.63) is 35.4 Å². The lowest BCUT2D eigenvalue weighted by atomic mass is 9.96. The summed E-state index contributed by atoms with van der Waals surface area (Å²) in [6.45, 7) is 6.35. The molecule has 17 heavy (non-hydrogen) atoms. The SMILES string of the molecule is Cc1ccc(C(=O)N2C(C)CCCC2C)cc1. The molecule has 2 atom stereocenters. The van der Waals surface area contributed by atoms with Gasteiger partial charge in [-0.05, 0) is 52.2 Å². The second kappa shape index (κ2) is 4.91. The Bertz CT molecular complexity index is 386. The zero-order chi connectivity index (χ0) is 12.4. The maximum absolute atomic E-state index is 12.5. The molecule has 0 aliphatic carbocycles. The summed E-state index contributed by atoms with van der Waals surface area (Å²) in [4.78, 5) is 14.5. The van der Waals surface area contributed by atoms with E-state index in [4.69, 9.17) is 0 Å². The van der Waals surface area contributed by atoms with Crippen LogP contribution in [0.25, 0.3) is 0 Å². The average Bonchev–Trinajstić information content (AvgIpc) is 2.29. The van der Waals surface area contributed by atoms with Crippen molar-refractivity contribution >= 4 is 5.91 Å². The Hall–Kier alpha value is -1.31. The minimum absolute atomic E-state index is 0.185. The summed E-state index contributed by atoms with van der Waals surface area (Å²) in [6.07, 6.45) is 3.49. The Kier molecular flexibility index (Phi) is 3.51. The molecule has 1 amide bonds. The van der Waals surface area contributed by atoms with Gasteiger partial charge in [-0.3, -0.25) is 4.79 Å². The number of piperidine rings is 1. The molecule has 1 aromatic carbocycles. The van der Waals surface area contributed by atoms with Crippen LogP contribution < -0.4 is 0 Å². The Balaban J connectivity index is 2.20. The molecule has 1 aromatic rings. The summed E-state index contributed by atoms with van der Waals surface area (Å²) in [5.41, 5.74) is 2.01. The van der Waals surface area contributed by atoms with Gasteiger partial charge in [0.25, 0.3) is 5.91 Å². The van der Waals surface area contributed by atoms with Gasteiger partial charge in [-0.15, -0.1) is 0 Å². The van der Waals surface area contributed by atoms with Gasteiger partial charge in [0.2, 0.25) is 0 Å².